The predicted octanol–water partition coefficient (Wildman–Crippen LogP) is 1.83. The average molecular weight is 383 g/mol. The van der Waals surface area contributed by atoms with Crippen molar-refractivity contribution in [1.29, 1.82) is 0 Å². The van der Waals surface area contributed by atoms with E-state index in [9.17, 15) is 21.6 Å². The van der Waals surface area contributed by atoms with Gasteiger partial charge in [0.2, 0.25) is 10.0 Å². The molecule has 2 aromatic carbocycles. The van der Waals surface area contributed by atoms with E-state index in [1.54, 1.807) is 6.92 Å². The van der Waals surface area contributed by atoms with Crippen molar-refractivity contribution < 1.29 is 26.7 Å². The summed E-state index contributed by atoms with van der Waals surface area (Å²) in [5.41, 5.74) is 0.585. The molecule has 0 aliphatic rings. The van der Waals surface area contributed by atoms with Gasteiger partial charge < -0.3 is 5.11 Å². The van der Waals surface area contributed by atoms with Crippen LogP contribution in [0.25, 0.3) is 0 Å². The molecular formula is C16H17NO6S2. The summed E-state index contributed by atoms with van der Waals surface area (Å²) < 4.78 is 50.1. The molecule has 0 saturated carbocycles. The van der Waals surface area contributed by atoms with E-state index in [1.807, 2.05) is 0 Å². The van der Waals surface area contributed by atoms with E-state index in [0.29, 0.717) is 5.56 Å². The summed E-state index contributed by atoms with van der Waals surface area (Å²) in [6.07, 6.45) is 1.09. The number of nitrogens with one attached hydrogen (secondary N) is 1. The Balaban J connectivity index is 2.20. The maximum absolute atomic E-state index is 12.4. The molecule has 0 radical (unpaired) electrons. The van der Waals surface area contributed by atoms with Crippen LogP contribution in [-0.4, -0.2) is 34.2 Å². The lowest BCUT2D eigenvalue weighted by molar-refractivity contribution is 0.0696. The molecule has 2 aromatic rings. The Labute approximate surface area is 146 Å². The summed E-state index contributed by atoms with van der Waals surface area (Å²) in [5.74, 6) is -1.14. The SMILES string of the molecule is C[C@@H](NS(=O)(=O)c1ccc(C(=O)O)cc1)c1ccc(S(C)(=O)=O)cc1. The molecule has 0 unspecified atom stereocenters. The Morgan fingerprint density at radius 1 is 0.920 bits per heavy atom. The molecule has 0 aliphatic heterocycles. The standard InChI is InChI=1S/C16H17NO6S2/c1-11(12-3-7-14(8-4-12)24(2,20)21)17-25(22,23)15-9-5-13(6-10-15)16(18)19/h3-11,17H,1-2H3,(H,18,19)/t11-/m1/s1. The van der Waals surface area contributed by atoms with E-state index in [4.69, 9.17) is 5.11 Å². The fourth-order valence-electron chi connectivity index (χ4n) is 2.15. The number of sulfonamides is 1. The van der Waals surface area contributed by atoms with Crippen molar-refractivity contribution in [3.05, 3.63) is 59.7 Å². The largest absolute Gasteiger partial charge is 0.478 e. The van der Waals surface area contributed by atoms with Crippen LogP contribution < -0.4 is 4.72 Å². The van der Waals surface area contributed by atoms with Gasteiger partial charge in [0.25, 0.3) is 0 Å². The van der Waals surface area contributed by atoms with Gasteiger partial charge in [0.05, 0.1) is 15.4 Å². The number of hydrogen-bond donors (Lipinski definition) is 2. The topological polar surface area (TPSA) is 118 Å². The highest BCUT2D eigenvalue weighted by molar-refractivity contribution is 7.90. The summed E-state index contributed by atoms with van der Waals surface area (Å²) in [6, 6.07) is 10.2. The van der Waals surface area contributed by atoms with Crippen molar-refractivity contribution in [3.8, 4) is 0 Å². The van der Waals surface area contributed by atoms with Gasteiger partial charge in [-0.05, 0) is 48.9 Å². The lowest BCUT2D eigenvalue weighted by atomic mass is 10.1. The lowest BCUT2D eigenvalue weighted by Gasteiger charge is -2.15. The molecule has 134 valence electrons. The van der Waals surface area contributed by atoms with E-state index in [2.05, 4.69) is 4.72 Å². The summed E-state index contributed by atoms with van der Waals surface area (Å²) in [4.78, 5) is 10.9. The molecule has 0 bridgehead atoms. The molecule has 1 atom stereocenters. The number of carboxylic acid groups (broad SMARTS) is 1. The van der Waals surface area contributed by atoms with Crippen molar-refractivity contribution in [3.63, 3.8) is 0 Å². The van der Waals surface area contributed by atoms with Gasteiger partial charge in [-0.25, -0.2) is 26.4 Å². The van der Waals surface area contributed by atoms with Crippen molar-refractivity contribution in [2.75, 3.05) is 6.26 Å². The van der Waals surface area contributed by atoms with Gasteiger partial charge in [0, 0.05) is 12.3 Å². The van der Waals surface area contributed by atoms with Crippen LogP contribution in [0, 0.1) is 0 Å². The Hall–Kier alpha value is -2.23. The molecule has 2 N–H and O–H groups in total. The fourth-order valence-corrected chi connectivity index (χ4v) is 4.01. The van der Waals surface area contributed by atoms with E-state index in [1.165, 1.54) is 48.5 Å². The van der Waals surface area contributed by atoms with Gasteiger partial charge in [-0.2, -0.15) is 0 Å². The van der Waals surface area contributed by atoms with E-state index >= 15 is 0 Å². The number of rotatable bonds is 6. The minimum atomic E-state index is -3.85. The zero-order valence-electron chi connectivity index (χ0n) is 13.5. The highest BCUT2D eigenvalue weighted by Crippen LogP contribution is 2.19. The van der Waals surface area contributed by atoms with Gasteiger partial charge in [-0.1, -0.05) is 12.1 Å². The monoisotopic (exact) mass is 383 g/mol. The van der Waals surface area contributed by atoms with Crippen LogP contribution in [0.4, 0.5) is 0 Å². The number of sulfone groups is 1. The van der Waals surface area contributed by atoms with Crippen LogP contribution in [0.3, 0.4) is 0 Å². The second kappa shape index (κ2) is 6.95. The number of aromatic carboxylic acids is 1. The van der Waals surface area contributed by atoms with Crippen LogP contribution >= 0.6 is 0 Å². The summed E-state index contributed by atoms with van der Waals surface area (Å²) >= 11 is 0. The average Bonchev–Trinajstić information content (AvgIpc) is 2.54. The maximum Gasteiger partial charge on any atom is 0.335 e. The normalized spacial score (nSPS) is 13.4. The van der Waals surface area contributed by atoms with E-state index < -0.39 is 31.9 Å². The van der Waals surface area contributed by atoms with Crippen LogP contribution in [0.5, 0.6) is 0 Å². The first-order chi connectivity index (χ1) is 11.5. The Morgan fingerprint density at radius 3 is 1.84 bits per heavy atom. The third kappa shape index (κ3) is 4.65. The predicted molar refractivity (Wildman–Crippen MR) is 91.7 cm³/mol. The van der Waals surface area contributed by atoms with Crippen molar-refractivity contribution in [2.45, 2.75) is 22.8 Å². The van der Waals surface area contributed by atoms with Gasteiger partial charge in [0.15, 0.2) is 9.84 Å². The minimum absolute atomic E-state index is 0.0108. The van der Waals surface area contributed by atoms with Crippen molar-refractivity contribution >= 4 is 25.8 Å². The van der Waals surface area contributed by atoms with Gasteiger partial charge in [-0.3, -0.25) is 0 Å². The Kier molecular flexibility index (Phi) is 5.31. The third-order valence-electron chi connectivity index (χ3n) is 3.55. The van der Waals surface area contributed by atoms with Crippen molar-refractivity contribution in [1.82, 2.24) is 4.72 Å². The number of benzene rings is 2. The molecule has 9 heteroatoms. The highest BCUT2D eigenvalue weighted by atomic mass is 32.2. The maximum atomic E-state index is 12.4. The van der Waals surface area contributed by atoms with E-state index in [0.717, 1.165) is 6.26 Å². The molecule has 7 nitrogen and oxygen atoms in total. The second-order valence-corrected chi connectivity index (χ2v) is 9.24. The molecule has 0 heterocycles. The molecular weight excluding hydrogens is 366 g/mol. The van der Waals surface area contributed by atoms with Gasteiger partial charge in [0.1, 0.15) is 0 Å². The summed E-state index contributed by atoms with van der Waals surface area (Å²) in [7, 11) is -7.17. The van der Waals surface area contributed by atoms with E-state index in [-0.39, 0.29) is 15.4 Å². The minimum Gasteiger partial charge on any atom is -0.478 e. The Bertz CT molecular complexity index is 978. The number of carbonyl (C=O) groups is 1. The summed E-state index contributed by atoms with van der Waals surface area (Å²) in [5, 5.41) is 8.84. The van der Waals surface area contributed by atoms with Crippen molar-refractivity contribution in [2.24, 2.45) is 0 Å². The quantitative estimate of drug-likeness (QED) is 0.786. The first kappa shape index (κ1) is 19.1. The molecule has 0 spiro atoms. The van der Waals surface area contributed by atoms with Crippen LogP contribution in [-0.2, 0) is 19.9 Å². The molecule has 0 fully saturated rings. The lowest BCUT2D eigenvalue weighted by Crippen LogP contribution is -2.27. The first-order valence-corrected chi connectivity index (χ1v) is 10.5. The highest BCUT2D eigenvalue weighted by Gasteiger charge is 2.19. The molecule has 0 saturated heterocycles. The van der Waals surface area contributed by atoms with Crippen LogP contribution in [0.1, 0.15) is 28.9 Å². The molecule has 25 heavy (non-hydrogen) atoms. The van der Waals surface area contributed by atoms with Crippen LogP contribution in [0.15, 0.2) is 58.3 Å². The number of carboxylic acids is 1. The fraction of sp³-hybridized carbons (Fsp3) is 0.188. The zero-order valence-corrected chi connectivity index (χ0v) is 15.1. The second-order valence-electron chi connectivity index (χ2n) is 5.51. The van der Waals surface area contributed by atoms with Gasteiger partial charge >= 0.3 is 5.97 Å². The Morgan fingerprint density at radius 2 is 1.40 bits per heavy atom. The van der Waals surface area contributed by atoms with Crippen LogP contribution in [0.2, 0.25) is 0 Å². The molecule has 2 rings (SSSR count). The smallest absolute Gasteiger partial charge is 0.335 e. The molecule has 0 aliphatic carbocycles. The summed E-state index contributed by atoms with van der Waals surface area (Å²) in [6.45, 7) is 1.62. The first-order valence-electron chi connectivity index (χ1n) is 7.16. The number of hydrogen-bond acceptors (Lipinski definition) is 5. The molecule has 0 aromatic heterocycles. The zero-order chi connectivity index (χ0) is 18.8. The van der Waals surface area contributed by atoms with Gasteiger partial charge in [-0.15, -0.1) is 0 Å². The molecule has 0 amide bonds. The third-order valence-corrected chi connectivity index (χ3v) is 6.24.